The van der Waals surface area contributed by atoms with Gasteiger partial charge >= 0.3 is 5.37 Å². The Kier molecular flexibility index (Phi) is 3.54. The monoisotopic (exact) mass is 241 g/mol. The summed E-state index contributed by atoms with van der Waals surface area (Å²) in [6.45, 7) is 0.514. The zero-order chi connectivity index (χ0) is 10.7. The summed E-state index contributed by atoms with van der Waals surface area (Å²) in [5.74, 6) is 1.21. The molecule has 1 N–H and O–H groups in total. The molecule has 1 aliphatic rings. The summed E-state index contributed by atoms with van der Waals surface area (Å²) in [4.78, 5) is 11.9. The van der Waals surface area contributed by atoms with Gasteiger partial charge in [-0.15, -0.1) is 11.8 Å². The fourth-order valence-electron chi connectivity index (χ4n) is 1.70. The highest BCUT2D eigenvalue weighted by Gasteiger charge is 2.09. The second-order valence-electron chi connectivity index (χ2n) is 3.52. The molecule has 1 amide bonds. The van der Waals surface area contributed by atoms with E-state index in [0.717, 1.165) is 12.0 Å². The van der Waals surface area contributed by atoms with Gasteiger partial charge in [0.1, 0.15) is 0 Å². The number of hydrogen-bond acceptors (Lipinski definition) is 2. The number of fused-ring (bicyclic) bond motifs is 1. The number of benzene rings is 1. The van der Waals surface area contributed by atoms with E-state index in [1.807, 2.05) is 17.8 Å². The van der Waals surface area contributed by atoms with Gasteiger partial charge in [0.05, 0.1) is 0 Å². The lowest BCUT2D eigenvalue weighted by atomic mass is 10.1. The van der Waals surface area contributed by atoms with Crippen molar-refractivity contribution in [1.29, 1.82) is 0 Å². The van der Waals surface area contributed by atoms with Gasteiger partial charge in [-0.25, -0.2) is 0 Å². The minimum atomic E-state index is -0.498. The topological polar surface area (TPSA) is 29.1 Å². The SMILES string of the molecule is O=C(Cl)NCc1ccc2c(c1)CCCS2. The molecule has 0 bridgehead atoms. The normalized spacial score (nSPS) is 14.5. The van der Waals surface area contributed by atoms with Gasteiger partial charge in [-0.1, -0.05) is 12.1 Å². The molecule has 1 aromatic carbocycles. The van der Waals surface area contributed by atoms with E-state index >= 15 is 0 Å². The third-order valence-electron chi connectivity index (χ3n) is 2.40. The number of rotatable bonds is 2. The Morgan fingerprint density at radius 1 is 1.53 bits per heavy atom. The van der Waals surface area contributed by atoms with Crippen LogP contribution in [0.5, 0.6) is 0 Å². The Hall–Kier alpha value is -0.670. The second-order valence-corrected chi connectivity index (χ2v) is 5.00. The summed E-state index contributed by atoms with van der Waals surface area (Å²) in [5, 5.41) is 2.09. The first kappa shape index (κ1) is 10.8. The number of nitrogens with one attached hydrogen (secondary N) is 1. The largest absolute Gasteiger partial charge is 0.339 e. The molecule has 2 rings (SSSR count). The lowest BCUT2D eigenvalue weighted by Crippen LogP contribution is -2.15. The minimum absolute atomic E-state index is 0.498. The maximum Gasteiger partial charge on any atom is 0.314 e. The van der Waals surface area contributed by atoms with Crippen LogP contribution in [0.15, 0.2) is 23.1 Å². The van der Waals surface area contributed by atoms with E-state index in [1.54, 1.807) is 0 Å². The molecule has 0 aliphatic carbocycles. The Balaban J connectivity index is 2.10. The van der Waals surface area contributed by atoms with E-state index in [4.69, 9.17) is 11.6 Å². The molecule has 1 heterocycles. The first-order chi connectivity index (χ1) is 7.25. The highest BCUT2D eigenvalue weighted by Crippen LogP contribution is 2.30. The maximum atomic E-state index is 10.6. The molecular formula is C11H12ClNOS. The molecule has 1 aliphatic heterocycles. The highest BCUT2D eigenvalue weighted by atomic mass is 35.5. The molecule has 0 unspecified atom stereocenters. The second kappa shape index (κ2) is 4.90. The van der Waals surface area contributed by atoms with Crippen molar-refractivity contribution in [2.45, 2.75) is 24.3 Å². The van der Waals surface area contributed by atoms with Crippen molar-refractivity contribution in [3.8, 4) is 0 Å². The Bertz CT molecular complexity index is 381. The predicted molar refractivity (Wildman–Crippen MR) is 63.6 cm³/mol. The van der Waals surface area contributed by atoms with Crippen molar-refractivity contribution in [3.05, 3.63) is 29.3 Å². The van der Waals surface area contributed by atoms with Crippen LogP contribution >= 0.6 is 23.4 Å². The van der Waals surface area contributed by atoms with Gasteiger partial charge in [0.2, 0.25) is 0 Å². The van der Waals surface area contributed by atoms with E-state index in [-0.39, 0.29) is 0 Å². The molecule has 0 aromatic heterocycles. The standard InChI is InChI=1S/C11H12ClNOS/c12-11(14)13-7-8-3-4-10-9(6-8)2-1-5-15-10/h3-4,6H,1-2,5,7H2,(H,13,14). The molecular weight excluding hydrogens is 230 g/mol. The van der Waals surface area contributed by atoms with Gasteiger partial charge in [0.15, 0.2) is 0 Å². The van der Waals surface area contributed by atoms with Crippen LogP contribution in [0, 0.1) is 0 Å². The van der Waals surface area contributed by atoms with Gasteiger partial charge in [0.25, 0.3) is 0 Å². The number of aryl methyl sites for hydroxylation is 1. The third kappa shape index (κ3) is 2.89. The molecule has 1 aromatic rings. The lowest BCUT2D eigenvalue weighted by Gasteiger charge is -2.15. The van der Waals surface area contributed by atoms with Crippen LogP contribution in [-0.4, -0.2) is 11.1 Å². The van der Waals surface area contributed by atoms with Crippen LogP contribution < -0.4 is 5.32 Å². The van der Waals surface area contributed by atoms with Crippen molar-refractivity contribution in [2.75, 3.05) is 5.75 Å². The van der Waals surface area contributed by atoms with Crippen molar-refractivity contribution in [3.63, 3.8) is 0 Å². The molecule has 0 spiro atoms. The lowest BCUT2D eigenvalue weighted by molar-refractivity contribution is 0.259. The Morgan fingerprint density at radius 2 is 2.40 bits per heavy atom. The van der Waals surface area contributed by atoms with E-state index in [0.29, 0.717) is 6.54 Å². The molecule has 0 fully saturated rings. The van der Waals surface area contributed by atoms with Crippen molar-refractivity contribution < 1.29 is 4.79 Å². The average molecular weight is 242 g/mol. The number of carbonyl (C=O) groups is 1. The average Bonchev–Trinajstić information content (AvgIpc) is 2.26. The van der Waals surface area contributed by atoms with Gasteiger partial charge in [-0.2, -0.15) is 0 Å². The third-order valence-corrected chi connectivity index (χ3v) is 3.74. The summed E-state index contributed by atoms with van der Waals surface area (Å²) < 4.78 is 0. The maximum absolute atomic E-state index is 10.6. The quantitative estimate of drug-likeness (QED) is 0.637. The van der Waals surface area contributed by atoms with E-state index in [9.17, 15) is 4.79 Å². The van der Waals surface area contributed by atoms with Crippen LogP contribution in [0.3, 0.4) is 0 Å². The van der Waals surface area contributed by atoms with Crippen LogP contribution in [0.4, 0.5) is 4.79 Å². The molecule has 2 nitrogen and oxygen atoms in total. The summed E-state index contributed by atoms with van der Waals surface area (Å²) in [6.07, 6.45) is 2.38. The Morgan fingerprint density at radius 3 is 3.20 bits per heavy atom. The molecule has 0 radical (unpaired) electrons. The van der Waals surface area contributed by atoms with Crippen LogP contribution in [-0.2, 0) is 13.0 Å². The van der Waals surface area contributed by atoms with Crippen LogP contribution in [0.1, 0.15) is 17.5 Å². The fourth-order valence-corrected chi connectivity index (χ4v) is 2.78. The summed E-state index contributed by atoms with van der Waals surface area (Å²) in [5.41, 5.74) is 2.51. The van der Waals surface area contributed by atoms with Crippen molar-refractivity contribution in [2.24, 2.45) is 0 Å². The molecule has 0 saturated heterocycles. The highest BCUT2D eigenvalue weighted by molar-refractivity contribution is 7.99. The fraction of sp³-hybridized carbons (Fsp3) is 0.364. The first-order valence-electron chi connectivity index (χ1n) is 4.93. The van der Waals surface area contributed by atoms with Crippen molar-refractivity contribution in [1.82, 2.24) is 5.32 Å². The zero-order valence-electron chi connectivity index (χ0n) is 8.25. The molecule has 4 heteroatoms. The first-order valence-corrected chi connectivity index (χ1v) is 6.30. The number of carbonyl (C=O) groups excluding carboxylic acids is 1. The molecule has 0 atom stereocenters. The van der Waals surface area contributed by atoms with Gasteiger partial charge < -0.3 is 5.32 Å². The smallest absolute Gasteiger partial charge is 0.314 e. The van der Waals surface area contributed by atoms with E-state index in [1.165, 1.54) is 22.6 Å². The number of hydrogen-bond donors (Lipinski definition) is 1. The van der Waals surface area contributed by atoms with E-state index in [2.05, 4.69) is 17.4 Å². The predicted octanol–water partition coefficient (Wildman–Crippen LogP) is 3.17. The Labute approximate surface area is 98.4 Å². The van der Waals surface area contributed by atoms with Crippen LogP contribution in [0.25, 0.3) is 0 Å². The van der Waals surface area contributed by atoms with Crippen molar-refractivity contribution >= 4 is 28.7 Å². The summed E-state index contributed by atoms with van der Waals surface area (Å²) in [6, 6.07) is 6.34. The summed E-state index contributed by atoms with van der Waals surface area (Å²) in [7, 11) is 0. The summed E-state index contributed by atoms with van der Waals surface area (Å²) >= 11 is 7.13. The van der Waals surface area contributed by atoms with E-state index < -0.39 is 5.37 Å². The zero-order valence-corrected chi connectivity index (χ0v) is 9.83. The number of thioether (sulfide) groups is 1. The van der Waals surface area contributed by atoms with Crippen LogP contribution in [0.2, 0.25) is 0 Å². The van der Waals surface area contributed by atoms with Gasteiger partial charge in [-0.3, -0.25) is 4.79 Å². The minimum Gasteiger partial charge on any atom is -0.339 e. The number of halogens is 1. The molecule has 0 saturated carbocycles. The number of amides is 1. The molecule has 80 valence electrons. The van der Waals surface area contributed by atoms with Gasteiger partial charge in [0, 0.05) is 11.4 Å². The van der Waals surface area contributed by atoms with Gasteiger partial charge in [-0.05, 0) is 47.4 Å². The molecule has 15 heavy (non-hydrogen) atoms.